The molecule has 4 N–H and O–H groups in total. The number of benzene rings is 1. The van der Waals surface area contributed by atoms with Gasteiger partial charge in [0.1, 0.15) is 0 Å². The first kappa shape index (κ1) is 10.1. The Bertz CT molecular complexity index is 374. The van der Waals surface area contributed by atoms with Gasteiger partial charge in [0.05, 0.1) is 22.4 Å². The van der Waals surface area contributed by atoms with E-state index in [2.05, 4.69) is 10.6 Å². The first-order valence-corrected chi connectivity index (χ1v) is 5.12. The summed E-state index contributed by atoms with van der Waals surface area (Å²) >= 11 is 6.00. The average molecular weight is 226 g/mol. The lowest BCUT2D eigenvalue weighted by atomic mass is 10.2. The molecule has 80 valence electrons. The monoisotopic (exact) mass is 225 g/mol. The van der Waals surface area contributed by atoms with Gasteiger partial charge in [0.15, 0.2) is 0 Å². The number of halogens is 1. The Hall–Kier alpha value is -1.42. The Morgan fingerprint density at radius 1 is 1.53 bits per heavy atom. The van der Waals surface area contributed by atoms with E-state index in [0.717, 1.165) is 0 Å². The van der Waals surface area contributed by atoms with Gasteiger partial charge in [0, 0.05) is 13.0 Å². The van der Waals surface area contributed by atoms with Crippen LogP contribution < -0.4 is 16.4 Å². The molecular weight excluding hydrogens is 214 g/mol. The van der Waals surface area contributed by atoms with Crippen LogP contribution in [0.3, 0.4) is 0 Å². The Morgan fingerprint density at radius 3 is 2.93 bits per heavy atom. The van der Waals surface area contributed by atoms with Gasteiger partial charge in [-0.15, -0.1) is 0 Å². The summed E-state index contributed by atoms with van der Waals surface area (Å²) in [5.74, 6) is 0.0538. The van der Waals surface area contributed by atoms with Crippen LogP contribution in [0, 0.1) is 0 Å². The number of carbonyl (C=O) groups excluding carboxylic acids is 1. The summed E-state index contributed by atoms with van der Waals surface area (Å²) in [5.41, 5.74) is 7.09. The van der Waals surface area contributed by atoms with Crippen molar-refractivity contribution in [3.63, 3.8) is 0 Å². The third kappa shape index (κ3) is 2.15. The average Bonchev–Trinajstić information content (AvgIpc) is 2.58. The first-order valence-electron chi connectivity index (χ1n) is 4.74. The highest BCUT2D eigenvalue weighted by Gasteiger charge is 2.22. The van der Waals surface area contributed by atoms with Crippen LogP contribution in [-0.2, 0) is 4.79 Å². The van der Waals surface area contributed by atoms with Gasteiger partial charge in [0.2, 0.25) is 5.91 Å². The number of hydrogen-bond donors (Lipinski definition) is 3. The SMILES string of the molecule is Nc1cccc(Cl)c1NC1CNC(=O)C1. The van der Waals surface area contributed by atoms with E-state index < -0.39 is 0 Å². The zero-order valence-electron chi connectivity index (χ0n) is 8.09. The van der Waals surface area contributed by atoms with Crippen LogP contribution in [0.2, 0.25) is 5.02 Å². The molecule has 1 aliphatic heterocycles. The Kier molecular flexibility index (Phi) is 2.68. The molecule has 0 spiro atoms. The van der Waals surface area contributed by atoms with E-state index in [-0.39, 0.29) is 11.9 Å². The second kappa shape index (κ2) is 3.98. The summed E-state index contributed by atoms with van der Waals surface area (Å²) in [4.78, 5) is 11.0. The minimum atomic E-state index is 0.0538. The highest BCUT2D eigenvalue weighted by Crippen LogP contribution is 2.29. The molecular formula is C10H12ClN3O. The van der Waals surface area contributed by atoms with Gasteiger partial charge in [0.25, 0.3) is 0 Å². The van der Waals surface area contributed by atoms with E-state index >= 15 is 0 Å². The molecule has 5 heteroatoms. The molecule has 0 saturated carbocycles. The second-order valence-corrected chi connectivity index (χ2v) is 3.96. The van der Waals surface area contributed by atoms with Crippen molar-refractivity contribution in [3.05, 3.63) is 23.2 Å². The van der Waals surface area contributed by atoms with Crippen LogP contribution in [0.4, 0.5) is 11.4 Å². The van der Waals surface area contributed by atoms with Crippen molar-refractivity contribution >= 4 is 28.9 Å². The van der Waals surface area contributed by atoms with Crippen LogP contribution >= 0.6 is 11.6 Å². The summed E-state index contributed by atoms with van der Waals surface area (Å²) in [6, 6.07) is 5.41. The quantitative estimate of drug-likeness (QED) is 0.663. The Morgan fingerprint density at radius 2 is 2.33 bits per heavy atom. The standard InChI is InChI=1S/C10H12ClN3O/c11-7-2-1-3-8(12)10(7)14-6-4-9(15)13-5-6/h1-3,6,14H,4-5,12H2,(H,13,15). The number of hydrogen-bond acceptors (Lipinski definition) is 3. The van der Waals surface area contributed by atoms with Crippen LogP contribution in [0.5, 0.6) is 0 Å². The summed E-state index contributed by atoms with van der Waals surface area (Å²) in [7, 11) is 0. The highest BCUT2D eigenvalue weighted by atomic mass is 35.5. The fourth-order valence-electron chi connectivity index (χ4n) is 1.60. The van der Waals surface area contributed by atoms with Crippen LogP contribution in [0.25, 0.3) is 0 Å². The van der Waals surface area contributed by atoms with Gasteiger partial charge < -0.3 is 16.4 Å². The normalized spacial score (nSPS) is 20.1. The van der Waals surface area contributed by atoms with Crippen LogP contribution in [0.15, 0.2) is 18.2 Å². The maximum absolute atomic E-state index is 11.0. The maximum Gasteiger partial charge on any atom is 0.222 e. The predicted octanol–water partition coefficient (Wildman–Crippen LogP) is 1.22. The number of nitrogens with two attached hydrogens (primary N) is 1. The fourth-order valence-corrected chi connectivity index (χ4v) is 1.84. The number of nitrogens with one attached hydrogen (secondary N) is 2. The molecule has 1 heterocycles. The van der Waals surface area contributed by atoms with E-state index in [9.17, 15) is 4.79 Å². The fraction of sp³-hybridized carbons (Fsp3) is 0.300. The summed E-state index contributed by atoms with van der Waals surface area (Å²) in [5, 5.41) is 6.49. The minimum Gasteiger partial charge on any atom is -0.397 e. The topological polar surface area (TPSA) is 67.2 Å². The van der Waals surface area contributed by atoms with E-state index in [0.29, 0.717) is 29.4 Å². The number of nitrogen functional groups attached to an aromatic ring is 1. The number of para-hydroxylation sites is 1. The number of carbonyl (C=O) groups is 1. The second-order valence-electron chi connectivity index (χ2n) is 3.55. The number of amides is 1. The highest BCUT2D eigenvalue weighted by molar-refractivity contribution is 6.33. The van der Waals surface area contributed by atoms with Gasteiger partial charge >= 0.3 is 0 Å². The van der Waals surface area contributed by atoms with E-state index in [4.69, 9.17) is 17.3 Å². The Balaban J connectivity index is 2.13. The van der Waals surface area contributed by atoms with Gasteiger partial charge in [-0.3, -0.25) is 4.79 Å². The molecule has 0 radical (unpaired) electrons. The molecule has 15 heavy (non-hydrogen) atoms. The van der Waals surface area contributed by atoms with Crippen molar-refractivity contribution in [3.8, 4) is 0 Å². The molecule has 1 unspecified atom stereocenters. The molecule has 1 aliphatic rings. The van der Waals surface area contributed by atoms with E-state index in [1.807, 2.05) is 0 Å². The number of anilines is 2. The molecule has 0 aromatic heterocycles. The molecule has 1 aromatic carbocycles. The Labute approximate surface area is 92.8 Å². The summed E-state index contributed by atoms with van der Waals surface area (Å²) < 4.78 is 0. The summed E-state index contributed by atoms with van der Waals surface area (Å²) in [6.07, 6.45) is 0.463. The van der Waals surface area contributed by atoms with Gasteiger partial charge in [-0.05, 0) is 12.1 Å². The molecule has 1 aromatic rings. The lowest BCUT2D eigenvalue weighted by Gasteiger charge is -2.15. The zero-order valence-corrected chi connectivity index (χ0v) is 8.84. The lowest BCUT2D eigenvalue weighted by molar-refractivity contribution is -0.119. The van der Waals surface area contributed by atoms with Crippen molar-refractivity contribution in [2.75, 3.05) is 17.6 Å². The van der Waals surface area contributed by atoms with Gasteiger partial charge in [-0.25, -0.2) is 0 Å². The van der Waals surface area contributed by atoms with Crippen molar-refractivity contribution in [2.24, 2.45) is 0 Å². The van der Waals surface area contributed by atoms with Crippen LogP contribution in [0.1, 0.15) is 6.42 Å². The van der Waals surface area contributed by atoms with Crippen molar-refractivity contribution < 1.29 is 4.79 Å². The van der Waals surface area contributed by atoms with Crippen molar-refractivity contribution in [2.45, 2.75) is 12.5 Å². The van der Waals surface area contributed by atoms with Crippen LogP contribution in [-0.4, -0.2) is 18.5 Å². The first-order chi connectivity index (χ1) is 7.16. The smallest absolute Gasteiger partial charge is 0.222 e. The minimum absolute atomic E-state index is 0.0538. The van der Waals surface area contributed by atoms with Crippen molar-refractivity contribution in [1.82, 2.24) is 5.32 Å². The maximum atomic E-state index is 11.0. The molecule has 0 bridgehead atoms. The molecule has 1 saturated heterocycles. The van der Waals surface area contributed by atoms with Gasteiger partial charge in [-0.1, -0.05) is 17.7 Å². The van der Waals surface area contributed by atoms with Crippen molar-refractivity contribution in [1.29, 1.82) is 0 Å². The van der Waals surface area contributed by atoms with E-state index in [1.165, 1.54) is 0 Å². The molecule has 1 fully saturated rings. The predicted molar refractivity (Wildman–Crippen MR) is 60.9 cm³/mol. The molecule has 0 aliphatic carbocycles. The number of rotatable bonds is 2. The third-order valence-electron chi connectivity index (χ3n) is 2.37. The zero-order chi connectivity index (χ0) is 10.8. The largest absolute Gasteiger partial charge is 0.397 e. The lowest BCUT2D eigenvalue weighted by Crippen LogP contribution is -2.23. The molecule has 2 rings (SSSR count). The van der Waals surface area contributed by atoms with E-state index in [1.54, 1.807) is 18.2 Å². The molecule has 4 nitrogen and oxygen atoms in total. The van der Waals surface area contributed by atoms with Gasteiger partial charge in [-0.2, -0.15) is 0 Å². The molecule has 1 amide bonds. The summed E-state index contributed by atoms with van der Waals surface area (Å²) in [6.45, 7) is 0.615. The molecule has 1 atom stereocenters. The third-order valence-corrected chi connectivity index (χ3v) is 2.69.